The maximum Gasteiger partial charge on any atom is 0.225 e. The van der Waals surface area contributed by atoms with Crippen molar-refractivity contribution in [2.45, 2.75) is 13.2 Å². The Morgan fingerprint density at radius 1 is 1.19 bits per heavy atom. The van der Waals surface area contributed by atoms with Gasteiger partial charge in [-0.3, -0.25) is 15.8 Å². The number of benzene rings is 1. The van der Waals surface area contributed by atoms with E-state index in [4.69, 9.17) is 33.7 Å². The molecule has 1 fully saturated rings. The zero-order valence-corrected chi connectivity index (χ0v) is 22.1. The van der Waals surface area contributed by atoms with Gasteiger partial charge in [0.15, 0.2) is 17.8 Å². The quantitative estimate of drug-likeness (QED) is 0.320. The van der Waals surface area contributed by atoms with Crippen molar-refractivity contribution in [1.29, 1.82) is 0 Å². The molecule has 0 spiro atoms. The molecule has 3 N–H and O–H groups in total. The fraction of sp³-hybridized carbons (Fsp3) is 0.304. The average molecular weight is 566 g/mol. The third kappa shape index (κ3) is 5.19. The summed E-state index contributed by atoms with van der Waals surface area (Å²) in [6, 6.07) is 2.73. The number of hydrogen-bond donors (Lipinski definition) is 2. The monoisotopic (exact) mass is 565 g/mol. The lowest BCUT2D eigenvalue weighted by atomic mass is 9.84. The van der Waals surface area contributed by atoms with E-state index >= 15 is 0 Å². The number of pyridine rings is 1. The standard InChI is InChI=1S/C23H22Cl2FN7O3S/c1-23(11-37(2,34)35)9-33(10-23)22-29-5-12(6-30-22)20-13-3-18(16(26)4-17(13)31-32-20)36-21(27)19-14(24)7-28-8-15(19)25/h3-8,21H,9-11,27H2,1-2H3,(H,31,32)/t21-/m0/s1. The van der Waals surface area contributed by atoms with Crippen LogP contribution in [0.25, 0.3) is 22.2 Å². The summed E-state index contributed by atoms with van der Waals surface area (Å²) in [6.07, 6.45) is 6.05. The summed E-state index contributed by atoms with van der Waals surface area (Å²) in [7, 11) is -3.08. The van der Waals surface area contributed by atoms with Crippen LogP contribution in [-0.4, -0.2) is 58.7 Å². The van der Waals surface area contributed by atoms with E-state index in [1.807, 2.05) is 11.8 Å². The molecule has 1 aliphatic rings. The molecule has 1 aliphatic heterocycles. The number of fused-ring (bicyclic) bond motifs is 1. The van der Waals surface area contributed by atoms with Crippen molar-refractivity contribution in [3.05, 3.63) is 58.3 Å². The number of anilines is 1. The van der Waals surface area contributed by atoms with Crippen LogP contribution in [0.1, 0.15) is 18.7 Å². The molecule has 10 nitrogen and oxygen atoms in total. The van der Waals surface area contributed by atoms with Gasteiger partial charge in [0.25, 0.3) is 0 Å². The van der Waals surface area contributed by atoms with E-state index in [2.05, 4.69) is 25.1 Å². The number of sulfone groups is 1. The Bertz CT molecular complexity index is 1570. The Morgan fingerprint density at radius 2 is 1.84 bits per heavy atom. The van der Waals surface area contributed by atoms with E-state index < -0.39 is 21.9 Å². The Balaban J connectivity index is 1.38. The van der Waals surface area contributed by atoms with Gasteiger partial charge in [-0.1, -0.05) is 30.1 Å². The first kappa shape index (κ1) is 25.6. The number of nitrogens with one attached hydrogen (secondary N) is 1. The summed E-state index contributed by atoms with van der Waals surface area (Å²) in [5, 5.41) is 8.05. The summed E-state index contributed by atoms with van der Waals surface area (Å²) >= 11 is 12.3. The number of ether oxygens (including phenoxy) is 1. The summed E-state index contributed by atoms with van der Waals surface area (Å²) in [5.74, 6) is -0.171. The normalized spacial score (nSPS) is 16.0. The number of H-pyrrole nitrogens is 1. The Labute approximate surface area is 221 Å². The second-order valence-corrected chi connectivity index (χ2v) is 12.4. The maximum absolute atomic E-state index is 14.8. The molecule has 37 heavy (non-hydrogen) atoms. The predicted molar refractivity (Wildman–Crippen MR) is 139 cm³/mol. The number of nitrogens with zero attached hydrogens (tertiary/aromatic N) is 5. The molecule has 1 atom stereocenters. The predicted octanol–water partition coefficient (Wildman–Crippen LogP) is 3.77. The van der Waals surface area contributed by atoms with Gasteiger partial charge in [0, 0.05) is 72.1 Å². The minimum Gasteiger partial charge on any atom is -0.468 e. The van der Waals surface area contributed by atoms with Gasteiger partial charge in [0.05, 0.1) is 21.3 Å². The minimum absolute atomic E-state index is 0.109. The summed E-state index contributed by atoms with van der Waals surface area (Å²) in [4.78, 5) is 14.6. The lowest BCUT2D eigenvalue weighted by Gasteiger charge is -2.47. The van der Waals surface area contributed by atoms with E-state index in [0.717, 1.165) is 0 Å². The first-order valence-electron chi connectivity index (χ1n) is 11.1. The highest BCUT2D eigenvalue weighted by molar-refractivity contribution is 7.90. The summed E-state index contributed by atoms with van der Waals surface area (Å²) < 4.78 is 43.8. The van der Waals surface area contributed by atoms with Gasteiger partial charge in [-0.05, 0) is 6.07 Å². The Kier molecular flexibility index (Phi) is 6.47. The number of rotatable bonds is 7. The highest BCUT2D eigenvalue weighted by Gasteiger charge is 2.42. The van der Waals surface area contributed by atoms with Crippen LogP contribution in [-0.2, 0) is 9.84 Å². The van der Waals surface area contributed by atoms with Gasteiger partial charge < -0.3 is 9.64 Å². The van der Waals surface area contributed by atoms with Crippen LogP contribution in [0.15, 0.2) is 36.9 Å². The molecule has 0 radical (unpaired) electrons. The molecule has 0 unspecified atom stereocenters. The van der Waals surface area contributed by atoms with E-state index in [1.165, 1.54) is 30.8 Å². The van der Waals surface area contributed by atoms with Crippen molar-refractivity contribution >= 4 is 49.9 Å². The van der Waals surface area contributed by atoms with Crippen LogP contribution >= 0.6 is 23.2 Å². The molecule has 1 saturated heterocycles. The molecule has 0 saturated carbocycles. The lowest BCUT2D eigenvalue weighted by Crippen LogP contribution is -2.58. The van der Waals surface area contributed by atoms with Gasteiger partial charge in [0.2, 0.25) is 5.95 Å². The molecule has 1 aromatic carbocycles. The van der Waals surface area contributed by atoms with Crippen molar-refractivity contribution in [1.82, 2.24) is 25.1 Å². The first-order chi connectivity index (χ1) is 17.4. The Morgan fingerprint density at radius 3 is 2.46 bits per heavy atom. The number of nitrogens with two attached hydrogens (primary N) is 1. The SMILES string of the molecule is CC1(CS(C)(=O)=O)CN(c2ncc(-c3n[nH]c4cc(F)c(O[C@H](N)c5c(Cl)cncc5Cl)cc34)cn2)C1. The van der Waals surface area contributed by atoms with Gasteiger partial charge in [-0.15, -0.1) is 0 Å². The van der Waals surface area contributed by atoms with Crippen molar-refractivity contribution in [2.24, 2.45) is 11.1 Å². The zero-order valence-electron chi connectivity index (χ0n) is 19.7. The smallest absolute Gasteiger partial charge is 0.225 e. The van der Waals surface area contributed by atoms with Gasteiger partial charge in [-0.2, -0.15) is 5.10 Å². The van der Waals surface area contributed by atoms with E-state index in [0.29, 0.717) is 41.2 Å². The van der Waals surface area contributed by atoms with Gasteiger partial charge in [0.1, 0.15) is 15.5 Å². The topological polar surface area (TPSA) is 140 Å². The fourth-order valence-electron chi connectivity index (χ4n) is 4.57. The minimum atomic E-state index is -3.08. The Hall–Kier alpha value is -3.06. The molecule has 14 heteroatoms. The molecular weight excluding hydrogens is 544 g/mol. The fourth-order valence-corrected chi connectivity index (χ4v) is 6.59. The van der Waals surface area contributed by atoms with Crippen LogP contribution in [0.4, 0.5) is 10.3 Å². The molecule has 5 rings (SSSR count). The third-order valence-corrected chi connectivity index (χ3v) is 7.82. The zero-order chi connectivity index (χ0) is 26.5. The van der Waals surface area contributed by atoms with Crippen molar-refractivity contribution in [3.63, 3.8) is 0 Å². The lowest BCUT2D eigenvalue weighted by molar-refractivity contribution is 0.205. The van der Waals surface area contributed by atoms with Crippen molar-refractivity contribution in [2.75, 3.05) is 30.0 Å². The number of aromatic nitrogens is 5. The summed E-state index contributed by atoms with van der Waals surface area (Å²) in [6.45, 7) is 3.00. The molecule has 194 valence electrons. The summed E-state index contributed by atoms with van der Waals surface area (Å²) in [5.41, 5.74) is 7.59. The largest absolute Gasteiger partial charge is 0.468 e. The van der Waals surface area contributed by atoms with Crippen LogP contribution in [0, 0.1) is 11.2 Å². The molecule has 0 bridgehead atoms. The van der Waals surface area contributed by atoms with E-state index in [9.17, 15) is 12.8 Å². The van der Waals surface area contributed by atoms with Crippen LogP contribution < -0.4 is 15.4 Å². The molecule has 3 aromatic heterocycles. The first-order valence-corrected chi connectivity index (χ1v) is 13.9. The molecule has 4 aromatic rings. The average Bonchev–Trinajstić information content (AvgIpc) is 3.19. The van der Waals surface area contributed by atoms with Gasteiger partial charge in [-0.25, -0.2) is 22.8 Å². The highest BCUT2D eigenvalue weighted by Crippen LogP contribution is 2.36. The highest BCUT2D eigenvalue weighted by atomic mass is 35.5. The van der Waals surface area contributed by atoms with E-state index in [-0.39, 0.29) is 32.5 Å². The van der Waals surface area contributed by atoms with E-state index in [1.54, 1.807) is 12.4 Å². The van der Waals surface area contributed by atoms with Crippen molar-refractivity contribution in [3.8, 4) is 17.0 Å². The second kappa shape index (κ2) is 9.35. The van der Waals surface area contributed by atoms with Gasteiger partial charge >= 0.3 is 0 Å². The third-order valence-electron chi connectivity index (χ3n) is 5.99. The molecule has 4 heterocycles. The van der Waals surface area contributed by atoms with Crippen LogP contribution in [0.2, 0.25) is 10.0 Å². The second-order valence-electron chi connectivity index (χ2n) is 9.46. The number of halogens is 3. The molecular formula is C23H22Cl2FN7O3S. The number of aromatic amines is 1. The van der Waals surface area contributed by atoms with Crippen LogP contribution in [0.3, 0.4) is 0 Å². The molecule has 0 amide bonds. The van der Waals surface area contributed by atoms with Crippen LogP contribution in [0.5, 0.6) is 5.75 Å². The molecule has 0 aliphatic carbocycles. The number of hydrogen-bond acceptors (Lipinski definition) is 9. The van der Waals surface area contributed by atoms with Crippen molar-refractivity contribution < 1.29 is 17.5 Å². The maximum atomic E-state index is 14.8.